The van der Waals surface area contributed by atoms with Gasteiger partial charge in [0.1, 0.15) is 0 Å². The lowest BCUT2D eigenvalue weighted by atomic mass is 10.0. The first-order valence-corrected chi connectivity index (χ1v) is 14.6. The fourth-order valence-electron chi connectivity index (χ4n) is 2.37. The van der Waals surface area contributed by atoms with Crippen molar-refractivity contribution >= 4 is 23.7 Å². The van der Waals surface area contributed by atoms with Crippen LogP contribution in [0.4, 0.5) is 0 Å². The molecule has 0 spiro atoms. The number of ketones is 1. The van der Waals surface area contributed by atoms with Gasteiger partial charge >= 0.3 is 0 Å². The first-order chi connectivity index (χ1) is 11.9. The van der Waals surface area contributed by atoms with E-state index in [1.54, 1.807) is 25.1 Å². The number of benzene rings is 1. The van der Waals surface area contributed by atoms with Gasteiger partial charge in [-0.25, -0.2) is 8.42 Å². The van der Waals surface area contributed by atoms with E-state index in [0.717, 1.165) is 11.6 Å². The van der Waals surface area contributed by atoms with E-state index in [9.17, 15) is 13.2 Å². The lowest BCUT2D eigenvalue weighted by Gasteiger charge is -2.22. The van der Waals surface area contributed by atoms with E-state index >= 15 is 0 Å². The van der Waals surface area contributed by atoms with Crippen molar-refractivity contribution in [2.45, 2.75) is 57.3 Å². The van der Waals surface area contributed by atoms with Crippen LogP contribution < -0.4 is 0 Å². The monoisotopic (exact) mass is 396 g/mol. The Hall–Kier alpha value is -1.24. The first-order valence-electron chi connectivity index (χ1n) is 8.97. The average Bonchev–Trinajstić information content (AvgIpc) is 2.52. The van der Waals surface area contributed by atoms with E-state index in [1.165, 1.54) is 6.26 Å². The van der Waals surface area contributed by atoms with Crippen LogP contribution in [0.3, 0.4) is 0 Å². The number of Topliss-reactive ketones (excluding diaryl/α,β-unsaturated/α-hetero) is 1. The maximum Gasteiger partial charge on any atom is 0.165 e. The Labute approximate surface area is 159 Å². The van der Waals surface area contributed by atoms with Crippen LogP contribution in [0, 0.1) is 0 Å². The van der Waals surface area contributed by atoms with Crippen molar-refractivity contribution < 1.29 is 17.9 Å². The first kappa shape index (κ1) is 22.8. The van der Waals surface area contributed by atoms with E-state index in [0.29, 0.717) is 12.2 Å². The molecule has 0 amide bonds. The second-order valence-corrected chi connectivity index (χ2v) is 16.1. The third kappa shape index (κ3) is 8.43. The Kier molecular flexibility index (Phi) is 8.44. The molecule has 1 aromatic carbocycles. The molecule has 1 aromatic rings. The van der Waals surface area contributed by atoms with E-state index in [1.807, 2.05) is 25.1 Å². The molecular formula is C20H32O4SSi. The lowest BCUT2D eigenvalue weighted by Crippen LogP contribution is -2.26. The number of carbonyl (C=O) groups excluding carboxylic acids is 1. The molecule has 0 N–H and O–H groups in total. The number of rotatable bonds is 10. The number of carbonyl (C=O) groups is 1. The largest absolute Gasteiger partial charge is 0.374 e. The molecule has 146 valence electrons. The maximum atomic E-state index is 12.6. The van der Waals surface area contributed by atoms with E-state index in [2.05, 4.69) is 19.6 Å². The van der Waals surface area contributed by atoms with Gasteiger partial charge in [0.05, 0.1) is 11.4 Å². The van der Waals surface area contributed by atoms with Crippen molar-refractivity contribution in [2.75, 3.05) is 12.9 Å². The Morgan fingerprint density at radius 1 is 1.19 bits per heavy atom. The SMILES string of the molecule is C/C(=C/[C@@H](C)S(C)(=O)=O)[C@H](CC(=O)c1ccccc1)OCC[Si](C)(C)C. The molecule has 0 aliphatic carbocycles. The average molecular weight is 397 g/mol. The minimum atomic E-state index is -3.17. The number of sulfone groups is 1. The molecule has 0 unspecified atom stereocenters. The topological polar surface area (TPSA) is 60.4 Å². The molecule has 0 aliphatic heterocycles. The highest BCUT2D eigenvalue weighted by Crippen LogP contribution is 2.19. The van der Waals surface area contributed by atoms with Gasteiger partial charge in [0, 0.05) is 32.9 Å². The van der Waals surface area contributed by atoms with Gasteiger partial charge in [-0.05, 0) is 25.5 Å². The van der Waals surface area contributed by atoms with E-state index < -0.39 is 29.3 Å². The van der Waals surface area contributed by atoms with Crippen molar-refractivity contribution in [3.8, 4) is 0 Å². The van der Waals surface area contributed by atoms with Crippen LogP contribution in [-0.4, -0.2) is 46.5 Å². The van der Waals surface area contributed by atoms with Gasteiger partial charge < -0.3 is 4.74 Å². The smallest absolute Gasteiger partial charge is 0.165 e. The van der Waals surface area contributed by atoms with E-state index in [-0.39, 0.29) is 12.2 Å². The summed E-state index contributed by atoms with van der Waals surface area (Å²) >= 11 is 0. The van der Waals surface area contributed by atoms with Gasteiger partial charge in [-0.1, -0.05) is 56.0 Å². The number of hydrogen-bond acceptors (Lipinski definition) is 4. The Morgan fingerprint density at radius 3 is 2.27 bits per heavy atom. The summed E-state index contributed by atoms with van der Waals surface area (Å²) in [6, 6.07) is 10.1. The third-order valence-corrected chi connectivity index (χ3v) is 7.51. The van der Waals surface area contributed by atoms with Gasteiger partial charge in [0.25, 0.3) is 0 Å². The molecule has 0 saturated carbocycles. The van der Waals surface area contributed by atoms with E-state index in [4.69, 9.17) is 4.74 Å². The van der Waals surface area contributed by atoms with Crippen LogP contribution in [-0.2, 0) is 14.6 Å². The summed E-state index contributed by atoms with van der Waals surface area (Å²) in [6.07, 6.45) is 2.74. The normalized spacial score (nSPS) is 15.5. The van der Waals surface area contributed by atoms with Crippen LogP contribution in [0.2, 0.25) is 25.7 Å². The molecule has 26 heavy (non-hydrogen) atoms. The fourth-order valence-corrected chi connectivity index (χ4v) is 3.56. The number of hydrogen-bond donors (Lipinski definition) is 0. The molecule has 2 atom stereocenters. The quantitative estimate of drug-likeness (QED) is 0.335. The zero-order valence-electron chi connectivity index (χ0n) is 16.8. The Balaban J connectivity index is 2.94. The molecule has 0 bridgehead atoms. The predicted molar refractivity (Wildman–Crippen MR) is 111 cm³/mol. The standard InChI is InChI=1S/C20H32O4SSi/c1-16(14-17(2)25(3,22)23)20(24-12-13-26(4,5)6)15-19(21)18-10-8-7-9-11-18/h7-11,14,17,20H,12-13,15H2,1-6H3/b16-14-/t17-,20+/m1/s1. The molecule has 0 aromatic heterocycles. The molecule has 6 heteroatoms. The summed E-state index contributed by atoms with van der Waals surface area (Å²) in [4.78, 5) is 12.6. The highest BCUT2D eigenvalue weighted by Gasteiger charge is 2.21. The van der Waals surface area contributed by atoms with Crippen LogP contribution in [0.5, 0.6) is 0 Å². The van der Waals surface area contributed by atoms with Crippen molar-refractivity contribution in [1.29, 1.82) is 0 Å². The van der Waals surface area contributed by atoms with Crippen LogP contribution in [0.1, 0.15) is 30.6 Å². The summed E-state index contributed by atoms with van der Waals surface area (Å²) in [5, 5.41) is -0.600. The summed E-state index contributed by atoms with van der Waals surface area (Å²) in [5.41, 5.74) is 1.44. The summed E-state index contributed by atoms with van der Waals surface area (Å²) in [6.45, 7) is 10.9. The molecular weight excluding hydrogens is 364 g/mol. The molecule has 0 fully saturated rings. The molecule has 0 radical (unpaired) electrons. The molecule has 0 aliphatic rings. The summed E-state index contributed by atoms with van der Waals surface area (Å²) in [5.74, 6) is 0.00311. The second-order valence-electron chi connectivity index (χ2n) is 8.11. The van der Waals surface area contributed by atoms with Gasteiger partial charge in [-0.2, -0.15) is 0 Å². The van der Waals surface area contributed by atoms with Crippen molar-refractivity contribution in [1.82, 2.24) is 0 Å². The summed E-state index contributed by atoms with van der Waals surface area (Å²) < 4.78 is 29.5. The lowest BCUT2D eigenvalue weighted by molar-refractivity contribution is 0.0677. The summed E-state index contributed by atoms with van der Waals surface area (Å²) in [7, 11) is -4.42. The van der Waals surface area contributed by atoms with Crippen LogP contribution in [0.25, 0.3) is 0 Å². The number of ether oxygens (including phenoxy) is 1. The van der Waals surface area contributed by atoms with Crippen LogP contribution >= 0.6 is 0 Å². The zero-order chi connectivity index (χ0) is 20.0. The minimum absolute atomic E-state index is 0.00311. The second kappa shape index (κ2) is 9.62. The molecule has 1 rings (SSSR count). The Bertz CT molecular complexity index is 718. The van der Waals surface area contributed by atoms with Crippen LogP contribution in [0.15, 0.2) is 42.0 Å². The fraction of sp³-hybridized carbons (Fsp3) is 0.550. The molecule has 0 saturated heterocycles. The highest BCUT2D eigenvalue weighted by molar-refractivity contribution is 7.91. The van der Waals surface area contributed by atoms with Crippen molar-refractivity contribution in [3.63, 3.8) is 0 Å². The van der Waals surface area contributed by atoms with Gasteiger partial charge in [-0.15, -0.1) is 0 Å². The minimum Gasteiger partial charge on any atom is -0.374 e. The maximum absolute atomic E-state index is 12.6. The van der Waals surface area contributed by atoms with Crippen molar-refractivity contribution in [3.05, 3.63) is 47.5 Å². The molecule has 0 heterocycles. The van der Waals surface area contributed by atoms with Crippen molar-refractivity contribution in [2.24, 2.45) is 0 Å². The third-order valence-electron chi connectivity index (χ3n) is 4.32. The molecule has 4 nitrogen and oxygen atoms in total. The van der Waals surface area contributed by atoms with Gasteiger partial charge in [0.15, 0.2) is 15.6 Å². The zero-order valence-corrected chi connectivity index (χ0v) is 18.6. The predicted octanol–water partition coefficient (Wildman–Crippen LogP) is 4.36. The van der Waals surface area contributed by atoms with Gasteiger partial charge in [0.2, 0.25) is 0 Å². The Morgan fingerprint density at radius 2 is 1.77 bits per heavy atom. The highest BCUT2D eigenvalue weighted by atomic mass is 32.2. The van der Waals surface area contributed by atoms with Gasteiger partial charge in [-0.3, -0.25) is 4.79 Å².